The van der Waals surface area contributed by atoms with Crippen molar-refractivity contribution in [1.29, 1.82) is 0 Å². The molecule has 8 heteroatoms. The van der Waals surface area contributed by atoms with Crippen LogP contribution in [0.3, 0.4) is 0 Å². The van der Waals surface area contributed by atoms with Gasteiger partial charge in [-0.2, -0.15) is 0 Å². The highest BCUT2D eigenvalue weighted by atomic mass is 127. The second-order valence-corrected chi connectivity index (χ2v) is 6.37. The van der Waals surface area contributed by atoms with E-state index in [4.69, 9.17) is 9.47 Å². The summed E-state index contributed by atoms with van der Waals surface area (Å²) in [6, 6.07) is 14.6. The second kappa shape index (κ2) is 9.85. The zero-order valence-corrected chi connectivity index (χ0v) is 16.5. The lowest BCUT2D eigenvalue weighted by Gasteiger charge is -2.15. The Morgan fingerprint density at radius 1 is 0.962 bits per heavy atom. The van der Waals surface area contributed by atoms with Gasteiger partial charge in [0.2, 0.25) is 0 Å². The van der Waals surface area contributed by atoms with Gasteiger partial charge in [0, 0.05) is 3.57 Å². The lowest BCUT2D eigenvalue weighted by atomic mass is 10.3. The van der Waals surface area contributed by atoms with E-state index in [1.165, 1.54) is 0 Å². The van der Waals surface area contributed by atoms with Gasteiger partial charge in [-0.1, -0.05) is 0 Å². The first-order chi connectivity index (χ1) is 12.5. The molecule has 0 saturated carbocycles. The predicted octanol–water partition coefficient (Wildman–Crippen LogP) is 3.63. The largest absolute Gasteiger partial charge is 0.481 e. The molecular formula is C18H19IN2O5. The van der Waals surface area contributed by atoms with Crippen LogP contribution in [0.25, 0.3) is 0 Å². The van der Waals surface area contributed by atoms with Crippen molar-refractivity contribution in [2.75, 3.05) is 6.61 Å². The maximum absolute atomic E-state index is 11.9. The normalized spacial score (nSPS) is 11.2. The first kappa shape index (κ1) is 19.8. The molecule has 138 valence electrons. The average Bonchev–Trinajstić information content (AvgIpc) is 2.63. The molecule has 0 aliphatic heterocycles. The zero-order chi connectivity index (χ0) is 18.9. The third-order valence-corrected chi connectivity index (χ3v) is 3.84. The third-order valence-electron chi connectivity index (χ3n) is 3.12. The molecule has 0 heterocycles. The van der Waals surface area contributed by atoms with E-state index in [9.17, 15) is 9.59 Å². The molecule has 0 fully saturated rings. The Morgan fingerprint density at radius 3 is 2.08 bits per heavy atom. The standard InChI is InChI=1S/C18H19IN2O5/c1-3-24-18(23)21-20-17(22)12(2)25-14-8-10-16(11-9-14)26-15-6-4-13(19)5-7-15/h4-12H,3H2,1-2H3,(H,20,22)(H,21,23). The topological polar surface area (TPSA) is 85.9 Å². The Hall–Kier alpha value is -2.49. The summed E-state index contributed by atoms with van der Waals surface area (Å²) in [5.41, 5.74) is 4.35. The first-order valence-electron chi connectivity index (χ1n) is 7.90. The number of nitrogens with one attached hydrogen (secondary N) is 2. The lowest BCUT2D eigenvalue weighted by Crippen LogP contribution is -2.47. The predicted molar refractivity (Wildman–Crippen MR) is 104 cm³/mol. The Morgan fingerprint density at radius 2 is 1.50 bits per heavy atom. The van der Waals surface area contributed by atoms with E-state index in [0.29, 0.717) is 11.5 Å². The molecule has 2 rings (SSSR count). The summed E-state index contributed by atoms with van der Waals surface area (Å²) in [5, 5.41) is 0. The number of hydrazine groups is 1. The average molecular weight is 470 g/mol. The van der Waals surface area contributed by atoms with Crippen LogP contribution in [0.5, 0.6) is 17.2 Å². The molecular weight excluding hydrogens is 451 g/mol. The van der Waals surface area contributed by atoms with Crippen molar-refractivity contribution in [3.05, 3.63) is 52.1 Å². The summed E-state index contributed by atoms with van der Waals surface area (Å²) >= 11 is 2.23. The number of carbonyl (C=O) groups is 2. The molecule has 26 heavy (non-hydrogen) atoms. The molecule has 2 amide bonds. The van der Waals surface area contributed by atoms with E-state index in [-0.39, 0.29) is 6.61 Å². The summed E-state index contributed by atoms with van der Waals surface area (Å²) in [6.07, 6.45) is -1.54. The molecule has 0 bridgehead atoms. The molecule has 0 aromatic heterocycles. The minimum absolute atomic E-state index is 0.213. The molecule has 0 saturated heterocycles. The van der Waals surface area contributed by atoms with Gasteiger partial charge in [-0.05, 0) is 85.0 Å². The van der Waals surface area contributed by atoms with Crippen LogP contribution < -0.4 is 20.3 Å². The minimum atomic E-state index is -0.806. The molecule has 1 unspecified atom stereocenters. The fourth-order valence-corrected chi connectivity index (χ4v) is 2.22. The van der Waals surface area contributed by atoms with Crippen molar-refractivity contribution in [3.8, 4) is 17.2 Å². The molecule has 0 aliphatic carbocycles. The second-order valence-electron chi connectivity index (χ2n) is 5.12. The molecule has 2 N–H and O–H groups in total. The van der Waals surface area contributed by atoms with Crippen molar-refractivity contribution >= 4 is 34.6 Å². The van der Waals surface area contributed by atoms with Gasteiger partial charge in [0.1, 0.15) is 17.2 Å². The van der Waals surface area contributed by atoms with Crippen LogP contribution in [0.15, 0.2) is 48.5 Å². The van der Waals surface area contributed by atoms with Crippen LogP contribution in [-0.2, 0) is 9.53 Å². The number of carbonyl (C=O) groups excluding carboxylic acids is 2. The highest BCUT2D eigenvalue weighted by Crippen LogP contribution is 2.24. The maximum Gasteiger partial charge on any atom is 0.426 e. The van der Waals surface area contributed by atoms with Crippen molar-refractivity contribution in [2.45, 2.75) is 20.0 Å². The van der Waals surface area contributed by atoms with Crippen LogP contribution in [0.4, 0.5) is 4.79 Å². The summed E-state index contributed by atoms with van der Waals surface area (Å²) in [4.78, 5) is 23.0. The maximum atomic E-state index is 11.9. The Balaban J connectivity index is 1.84. The zero-order valence-electron chi connectivity index (χ0n) is 14.3. The number of amides is 2. The highest BCUT2D eigenvalue weighted by Gasteiger charge is 2.15. The van der Waals surface area contributed by atoms with Gasteiger partial charge in [0.25, 0.3) is 5.91 Å². The van der Waals surface area contributed by atoms with Crippen molar-refractivity contribution in [3.63, 3.8) is 0 Å². The number of rotatable bonds is 6. The number of hydrogen-bond acceptors (Lipinski definition) is 5. The summed E-state index contributed by atoms with van der Waals surface area (Å²) in [5.74, 6) is 1.38. The molecule has 1 atom stereocenters. The van der Waals surface area contributed by atoms with Crippen LogP contribution in [0.1, 0.15) is 13.8 Å². The molecule has 0 spiro atoms. The SMILES string of the molecule is CCOC(=O)NNC(=O)C(C)Oc1ccc(Oc2ccc(I)cc2)cc1. The van der Waals surface area contributed by atoms with Gasteiger partial charge in [0.05, 0.1) is 6.61 Å². The van der Waals surface area contributed by atoms with Crippen LogP contribution in [-0.4, -0.2) is 24.7 Å². The first-order valence-corrected chi connectivity index (χ1v) is 8.98. The number of benzene rings is 2. The number of ether oxygens (including phenoxy) is 3. The van der Waals surface area contributed by atoms with Crippen molar-refractivity contribution < 1.29 is 23.8 Å². The van der Waals surface area contributed by atoms with Gasteiger partial charge >= 0.3 is 6.09 Å². The Kier molecular flexibility index (Phi) is 7.52. The number of hydrogen-bond donors (Lipinski definition) is 2. The number of halogens is 1. The Labute approximate surface area is 165 Å². The van der Waals surface area contributed by atoms with E-state index in [0.717, 1.165) is 9.32 Å². The smallest absolute Gasteiger partial charge is 0.426 e. The van der Waals surface area contributed by atoms with E-state index >= 15 is 0 Å². The molecule has 7 nitrogen and oxygen atoms in total. The highest BCUT2D eigenvalue weighted by molar-refractivity contribution is 14.1. The third kappa shape index (κ3) is 6.43. The summed E-state index contributed by atoms with van der Waals surface area (Å²) in [7, 11) is 0. The Bertz CT molecular complexity index is 734. The fourth-order valence-electron chi connectivity index (χ4n) is 1.86. The van der Waals surface area contributed by atoms with Crippen molar-refractivity contribution in [2.24, 2.45) is 0 Å². The van der Waals surface area contributed by atoms with Crippen molar-refractivity contribution in [1.82, 2.24) is 10.9 Å². The molecule has 0 radical (unpaired) electrons. The van der Waals surface area contributed by atoms with E-state index in [1.54, 1.807) is 38.1 Å². The lowest BCUT2D eigenvalue weighted by molar-refractivity contribution is -0.128. The van der Waals surface area contributed by atoms with Gasteiger partial charge in [-0.15, -0.1) is 0 Å². The molecule has 2 aromatic rings. The van der Waals surface area contributed by atoms with Crippen LogP contribution in [0.2, 0.25) is 0 Å². The summed E-state index contributed by atoms with van der Waals surface area (Å²) in [6.45, 7) is 3.45. The van der Waals surface area contributed by atoms with E-state index < -0.39 is 18.1 Å². The van der Waals surface area contributed by atoms with E-state index in [2.05, 4.69) is 38.2 Å². The van der Waals surface area contributed by atoms with Gasteiger partial charge in [-0.3, -0.25) is 10.2 Å². The molecule has 0 aliphatic rings. The van der Waals surface area contributed by atoms with Gasteiger partial charge in [0.15, 0.2) is 6.10 Å². The van der Waals surface area contributed by atoms with Gasteiger partial charge < -0.3 is 14.2 Å². The fraction of sp³-hybridized carbons (Fsp3) is 0.222. The quantitative estimate of drug-likeness (QED) is 0.498. The summed E-state index contributed by atoms with van der Waals surface area (Å²) < 4.78 is 17.0. The minimum Gasteiger partial charge on any atom is -0.481 e. The monoisotopic (exact) mass is 470 g/mol. The van der Waals surface area contributed by atoms with Gasteiger partial charge in [-0.25, -0.2) is 10.2 Å². The van der Waals surface area contributed by atoms with Crippen LogP contribution in [0, 0.1) is 3.57 Å². The van der Waals surface area contributed by atoms with E-state index in [1.807, 2.05) is 24.3 Å². The van der Waals surface area contributed by atoms with Crippen LogP contribution >= 0.6 is 22.6 Å². The molecule has 2 aromatic carbocycles.